The van der Waals surface area contributed by atoms with E-state index in [0.717, 1.165) is 24.5 Å². The summed E-state index contributed by atoms with van der Waals surface area (Å²) >= 11 is 0. The lowest BCUT2D eigenvalue weighted by molar-refractivity contribution is 0.311. The number of rotatable bonds is 6. The van der Waals surface area contributed by atoms with Crippen molar-refractivity contribution in [3.8, 4) is 0 Å². The van der Waals surface area contributed by atoms with E-state index in [4.69, 9.17) is 0 Å². The summed E-state index contributed by atoms with van der Waals surface area (Å²) in [6, 6.07) is 11.1. The van der Waals surface area contributed by atoms with Crippen LogP contribution in [0.25, 0.3) is 5.78 Å². The van der Waals surface area contributed by atoms with Gasteiger partial charge in [-0.1, -0.05) is 31.2 Å². The van der Waals surface area contributed by atoms with Crippen LogP contribution in [0, 0.1) is 6.92 Å². The van der Waals surface area contributed by atoms with Gasteiger partial charge in [0.25, 0.3) is 5.78 Å². The number of aryl methyl sites for hydroxylation is 2. The Morgan fingerprint density at radius 1 is 1.21 bits per heavy atom. The van der Waals surface area contributed by atoms with Crippen LogP contribution in [0.5, 0.6) is 0 Å². The number of aromatic nitrogens is 4. The monoisotopic (exact) mass is 324 g/mol. The summed E-state index contributed by atoms with van der Waals surface area (Å²) in [5.74, 6) is 1.53. The van der Waals surface area contributed by atoms with Crippen molar-refractivity contribution >= 4 is 11.6 Å². The summed E-state index contributed by atoms with van der Waals surface area (Å²) in [7, 11) is 4.20. The predicted octanol–water partition coefficient (Wildman–Crippen LogP) is 2.71. The van der Waals surface area contributed by atoms with E-state index < -0.39 is 0 Å². The van der Waals surface area contributed by atoms with Gasteiger partial charge in [0.2, 0.25) is 0 Å². The number of anilines is 1. The molecule has 1 atom stereocenters. The van der Waals surface area contributed by atoms with E-state index in [2.05, 4.69) is 70.6 Å². The van der Waals surface area contributed by atoms with Gasteiger partial charge in [0.1, 0.15) is 12.1 Å². The molecule has 3 rings (SSSR count). The number of hydrogen-bond acceptors (Lipinski definition) is 5. The van der Waals surface area contributed by atoms with Crippen molar-refractivity contribution in [1.82, 2.24) is 24.5 Å². The van der Waals surface area contributed by atoms with Crippen LogP contribution in [0.3, 0.4) is 0 Å². The van der Waals surface area contributed by atoms with Crippen LogP contribution in [-0.4, -0.2) is 45.1 Å². The minimum atomic E-state index is 0.267. The minimum absolute atomic E-state index is 0.267. The Morgan fingerprint density at radius 3 is 2.62 bits per heavy atom. The smallest absolute Gasteiger partial charge is 0.254 e. The van der Waals surface area contributed by atoms with Crippen LogP contribution in [0.15, 0.2) is 36.7 Å². The van der Waals surface area contributed by atoms with Crippen molar-refractivity contribution in [3.63, 3.8) is 0 Å². The Hall–Kier alpha value is -2.47. The molecule has 3 aromatic rings. The van der Waals surface area contributed by atoms with Crippen LogP contribution in [-0.2, 0) is 6.42 Å². The lowest BCUT2D eigenvalue weighted by Crippen LogP contribution is -2.27. The molecule has 2 aromatic heterocycles. The van der Waals surface area contributed by atoms with Crippen molar-refractivity contribution in [2.75, 3.05) is 26.0 Å². The Kier molecular flexibility index (Phi) is 4.76. The molecule has 1 aromatic carbocycles. The van der Waals surface area contributed by atoms with Crippen molar-refractivity contribution in [2.45, 2.75) is 26.3 Å². The van der Waals surface area contributed by atoms with Gasteiger partial charge in [-0.2, -0.15) is 14.6 Å². The van der Waals surface area contributed by atoms with Crippen LogP contribution in [0.1, 0.15) is 29.8 Å². The highest BCUT2D eigenvalue weighted by atomic mass is 15.4. The molecule has 0 aliphatic rings. The first kappa shape index (κ1) is 16.4. The molecule has 2 heterocycles. The highest BCUT2D eigenvalue weighted by Crippen LogP contribution is 2.20. The maximum absolute atomic E-state index is 4.37. The quantitative estimate of drug-likeness (QED) is 0.755. The van der Waals surface area contributed by atoms with E-state index in [0.29, 0.717) is 5.78 Å². The Morgan fingerprint density at radius 2 is 1.96 bits per heavy atom. The summed E-state index contributed by atoms with van der Waals surface area (Å²) in [5, 5.41) is 7.75. The molecule has 0 radical (unpaired) electrons. The van der Waals surface area contributed by atoms with Gasteiger partial charge in [0.15, 0.2) is 0 Å². The second-order valence-electron chi connectivity index (χ2n) is 6.21. The van der Waals surface area contributed by atoms with Gasteiger partial charge in [-0.3, -0.25) is 0 Å². The van der Waals surface area contributed by atoms with Gasteiger partial charge in [0, 0.05) is 18.3 Å². The second kappa shape index (κ2) is 6.97. The first-order valence-electron chi connectivity index (χ1n) is 8.25. The Labute approximate surface area is 142 Å². The molecule has 0 fully saturated rings. The first-order valence-corrected chi connectivity index (χ1v) is 8.25. The topological polar surface area (TPSA) is 58.4 Å². The van der Waals surface area contributed by atoms with Crippen molar-refractivity contribution in [3.05, 3.63) is 53.5 Å². The molecule has 6 nitrogen and oxygen atoms in total. The molecular weight excluding hydrogens is 300 g/mol. The maximum Gasteiger partial charge on any atom is 0.254 e. The molecule has 6 heteroatoms. The van der Waals surface area contributed by atoms with Crippen molar-refractivity contribution in [2.24, 2.45) is 0 Å². The van der Waals surface area contributed by atoms with Gasteiger partial charge >= 0.3 is 0 Å². The van der Waals surface area contributed by atoms with Crippen molar-refractivity contribution < 1.29 is 0 Å². The Bertz CT molecular complexity index is 806. The zero-order valence-corrected chi connectivity index (χ0v) is 14.7. The third kappa shape index (κ3) is 3.38. The summed E-state index contributed by atoms with van der Waals surface area (Å²) in [6.45, 7) is 4.92. The van der Waals surface area contributed by atoms with Gasteiger partial charge < -0.3 is 10.2 Å². The molecule has 24 heavy (non-hydrogen) atoms. The highest BCUT2D eigenvalue weighted by Gasteiger charge is 2.15. The molecule has 0 aliphatic heterocycles. The third-order valence-electron chi connectivity index (χ3n) is 4.25. The normalized spacial score (nSPS) is 12.7. The SMILES string of the molecule is CCc1ccc(C(CNc2cc(C)nc3ncnn23)N(C)C)cc1. The number of likely N-dealkylation sites (N-methyl/N-ethyl adjacent to an activating group) is 1. The molecule has 0 amide bonds. The number of nitrogens with one attached hydrogen (secondary N) is 1. The van der Waals surface area contributed by atoms with E-state index in [1.165, 1.54) is 17.5 Å². The average Bonchev–Trinajstić information content (AvgIpc) is 3.03. The summed E-state index contributed by atoms with van der Waals surface area (Å²) in [6.07, 6.45) is 2.59. The van der Waals surface area contributed by atoms with Crippen LogP contribution in [0.2, 0.25) is 0 Å². The number of benzene rings is 1. The van der Waals surface area contributed by atoms with E-state index in [9.17, 15) is 0 Å². The van der Waals surface area contributed by atoms with Gasteiger partial charge in [-0.05, 0) is 38.6 Å². The third-order valence-corrected chi connectivity index (χ3v) is 4.25. The Balaban J connectivity index is 1.81. The summed E-state index contributed by atoms with van der Waals surface area (Å²) < 4.78 is 1.74. The predicted molar refractivity (Wildman–Crippen MR) is 96.3 cm³/mol. The lowest BCUT2D eigenvalue weighted by Gasteiger charge is -2.26. The molecule has 0 bridgehead atoms. The molecular formula is C18H24N6. The molecule has 0 spiro atoms. The van der Waals surface area contributed by atoms with Crippen LogP contribution >= 0.6 is 0 Å². The maximum atomic E-state index is 4.37. The average molecular weight is 324 g/mol. The fourth-order valence-corrected chi connectivity index (χ4v) is 2.83. The highest BCUT2D eigenvalue weighted by molar-refractivity contribution is 5.45. The van der Waals surface area contributed by atoms with E-state index >= 15 is 0 Å². The molecule has 0 aliphatic carbocycles. The van der Waals surface area contributed by atoms with Crippen molar-refractivity contribution in [1.29, 1.82) is 0 Å². The number of hydrogen-bond donors (Lipinski definition) is 1. The first-order chi connectivity index (χ1) is 11.6. The standard InChI is InChI=1S/C18H24N6/c1-5-14-6-8-15(9-7-14)16(23(3)4)11-19-17-10-13(2)22-18-20-12-21-24(17)18/h6-10,12,16,19H,5,11H2,1-4H3. The van der Waals surface area contributed by atoms with Crippen LogP contribution in [0.4, 0.5) is 5.82 Å². The minimum Gasteiger partial charge on any atom is -0.368 e. The van der Waals surface area contributed by atoms with E-state index in [1.54, 1.807) is 4.52 Å². The molecule has 1 unspecified atom stereocenters. The molecule has 0 saturated carbocycles. The van der Waals surface area contributed by atoms with Gasteiger partial charge in [0.05, 0.1) is 6.04 Å². The van der Waals surface area contributed by atoms with E-state index in [-0.39, 0.29) is 6.04 Å². The fourth-order valence-electron chi connectivity index (χ4n) is 2.83. The van der Waals surface area contributed by atoms with Gasteiger partial charge in [-0.25, -0.2) is 4.98 Å². The zero-order valence-electron chi connectivity index (χ0n) is 14.7. The largest absolute Gasteiger partial charge is 0.368 e. The van der Waals surface area contributed by atoms with E-state index in [1.807, 2.05) is 13.0 Å². The summed E-state index contributed by atoms with van der Waals surface area (Å²) in [5.41, 5.74) is 3.58. The molecule has 0 saturated heterocycles. The number of nitrogens with zero attached hydrogens (tertiary/aromatic N) is 5. The fraction of sp³-hybridized carbons (Fsp3) is 0.389. The summed E-state index contributed by atoms with van der Waals surface area (Å²) in [4.78, 5) is 10.8. The second-order valence-corrected chi connectivity index (χ2v) is 6.21. The molecule has 126 valence electrons. The number of fused-ring (bicyclic) bond motifs is 1. The van der Waals surface area contributed by atoms with Gasteiger partial charge in [-0.15, -0.1) is 0 Å². The molecule has 1 N–H and O–H groups in total. The zero-order chi connectivity index (χ0) is 17.1. The van der Waals surface area contributed by atoms with Crippen LogP contribution < -0.4 is 5.32 Å². The lowest BCUT2D eigenvalue weighted by atomic mass is 10.0.